The van der Waals surface area contributed by atoms with Crippen molar-refractivity contribution in [2.75, 3.05) is 13.2 Å². The van der Waals surface area contributed by atoms with Gasteiger partial charge in [0.25, 0.3) is 0 Å². The molecule has 1 N–H and O–H groups in total. The van der Waals surface area contributed by atoms with Crippen LogP contribution in [0.15, 0.2) is 60.7 Å². The van der Waals surface area contributed by atoms with Crippen molar-refractivity contribution in [3.63, 3.8) is 0 Å². The van der Waals surface area contributed by atoms with Gasteiger partial charge in [-0.15, -0.1) is 0 Å². The van der Waals surface area contributed by atoms with Crippen molar-refractivity contribution in [1.82, 2.24) is 5.32 Å². The Morgan fingerprint density at radius 1 is 0.909 bits per heavy atom. The van der Waals surface area contributed by atoms with E-state index >= 15 is 0 Å². The van der Waals surface area contributed by atoms with Gasteiger partial charge in [-0.1, -0.05) is 60.7 Å². The van der Waals surface area contributed by atoms with Gasteiger partial charge in [-0.25, -0.2) is 0 Å². The van der Waals surface area contributed by atoms with E-state index < -0.39 is 5.79 Å². The molecule has 2 atom stereocenters. The van der Waals surface area contributed by atoms with E-state index in [0.717, 1.165) is 24.1 Å². The number of rotatable bonds is 3. The fraction of sp³-hybridized carbons (Fsp3) is 0.368. The first kappa shape index (κ1) is 13.9. The molecule has 0 unspecified atom stereocenters. The van der Waals surface area contributed by atoms with Crippen LogP contribution in [0.2, 0.25) is 0 Å². The Balaban J connectivity index is 1.71. The summed E-state index contributed by atoms with van der Waals surface area (Å²) in [7, 11) is 0. The van der Waals surface area contributed by atoms with Gasteiger partial charge in [-0.3, -0.25) is 0 Å². The van der Waals surface area contributed by atoms with Gasteiger partial charge >= 0.3 is 0 Å². The summed E-state index contributed by atoms with van der Waals surface area (Å²) in [6, 6.07) is 20.9. The number of benzene rings is 2. The van der Waals surface area contributed by atoms with Crippen LogP contribution < -0.4 is 5.32 Å². The molecule has 2 saturated heterocycles. The van der Waals surface area contributed by atoms with E-state index in [-0.39, 0.29) is 6.10 Å². The predicted molar refractivity (Wildman–Crippen MR) is 85.5 cm³/mol. The minimum Gasteiger partial charge on any atom is -0.339 e. The maximum Gasteiger partial charge on any atom is 0.222 e. The molecule has 114 valence electrons. The molecule has 2 aliphatic heterocycles. The van der Waals surface area contributed by atoms with Gasteiger partial charge in [-0.05, 0) is 19.4 Å². The molecule has 0 saturated carbocycles. The molecule has 22 heavy (non-hydrogen) atoms. The Morgan fingerprint density at radius 2 is 1.55 bits per heavy atom. The summed E-state index contributed by atoms with van der Waals surface area (Å²) in [6.07, 6.45) is 2.48. The first-order valence-electron chi connectivity index (χ1n) is 8.05. The van der Waals surface area contributed by atoms with E-state index in [0.29, 0.717) is 12.6 Å². The van der Waals surface area contributed by atoms with Crippen LogP contribution in [0.1, 0.15) is 24.0 Å². The molecule has 0 radical (unpaired) electrons. The van der Waals surface area contributed by atoms with Crippen LogP contribution in [0.4, 0.5) is 0 Å². The maximum atomic E-state index is 6.52. The van der Waals surface area contributed by atoms with Crippen LogP contribution in [0.25, 0.3) is 0 Å². The van der Waals surface area contributed by atoms with Crippen LogP contribution >= 0.6 is 0 Å². The lowest BCUT2D eigenvalue weighted by Gasteiger charge is -2.30. The van der Waals surface area contributed by atoms with Crippen molar-refractivity contribution < 1.29 is 9.47 Å². The number of ether oxygens (including phenoxy) is 2. The van der Waals surface area contributed by atoms with Gasteiger partial charge in [0.05, 0.1) is 6.61 Å². The predicted octanol–water partition coefficient (Wildman–Crippen LogP) is 3.06. The Hall–Kier alpha value is -1.68. The SMILES string of the molecule is c1ccc(C2(c3ccccc3)OC[C@@H]([C@@H]3CCCN3)O2)cc1. The quantitative estimate of drug-likeness (QED) is 0.944. The molecule has 0 amide bonds. The van der Waals surface area contributed by atoms with Gasteiger partial charge in [0.2, 0.25) is 5.79 Å². The topological polar surface area (TPSA) is 30.5 Å². The third kappa shape index (κ3) is 2.35. The molecule has 2 heterocycles. The molecule has 3 heteroatoms. The number of nitrogens with one attached hydrogen (secondary N) is 1. The smallest absolute Gasteiger partial charge is 0.222 e. The van der Waals surface area contributed by atoms with Crippen molar-refractivity contribution >= 4 is 0 Å². The second-order valence-corrected chi connectivity index (χ2v) is 6.02. The summed E-state index contributed by atoms with van der Waals surface area (Å²) in [5.74, 6) is -0.780. The van der Waals surface area contributed by atoms with Crippen LogP contribution in [0, 0.1) is 0 Å². The Morgan fingerprint density at radius 3 is 2.09 bits per heavy atom. The van der Waals surface area contributed by atoms with Crippen molar-refractivity contribution in [2.45, 2.75) is 30.8 Å². The third-order valence-electron chi connectivity index (χ3n) is 4.62. The van der Waals surface area contributed by atoms with E-state index in [1.165, 1.54) is 6.42 Å². The van der Waals surface area contributed by atoms with Crippen LogP contribution in [0.3, 0.4) is 0 Å². The Kier molecular flexibility index (Phi) is 3.70. The highest BCUT2D eigenvalue weighted by molar-refractivity contribution is 5.34. The number of hydrogen-bond acceptors (Lipinski definition) is 3. The molecule has 4 rings (SSSR count). The molecule has 0 spiro atoms. The molecular formula is C19H21NO2. The van der Waals surface area contributed by atoms with E-state index in [1.807, 2.05) is 36.4 Å². The van der Waals surface area contributed by atoms with Crippen molar-refractivity contribution in [3.05, 3.63) is 71.8 Å². The van der Waals surface area contributed by atoms with Crippen LogP contribution in [-0.2, 0) is 15.3 Å². The average molecular weight is 295 g/mol. The lowest BCUT2D eigenvalue weighted by atomic mass is 9.97. The van der Waals surface area contributed by atoms with Crippen molar-refractivity contribution in [2.24, 2.45) is 0 Å². The fourth-order valence-electron chi connectivity index (χ4n) is 3.49. The van der Waals surface area contributed by atoms with Crippen LogP contribution in [-0.4, -0.2) is 25.3 Å². The molecule has 2 aromatic carbocycles. The van der Waals surface area contributed by atoms with Crippen LogP contribution in [0.5, 0.6) is 0 Å². The standard InChI is InChI=1S/C19H21NO2/c1-3-8-15(9-4-1)19(16-10-5-2-6-11-16)21-14-18(22-19)17-12-7-13-20-17/h1-6,8-11,17-18,20H,7,12-14H2/t17-,18-/m0/s1. The Labute approximate surface area is 131 Å². The maximum absolute atomic E-state index is 6.52. The second-order valence-electron chi connectivity index (χ2n) is 6.02. The van der Waals surface area contributed by atoms with E-state index in [4.69, 9.17) is 9.47 Å². The molecule has 0 aliphatic carbocycles. The molecule has 2 aromatic rings. The summed E-state index contributed by atoms with van der Waals surface area (Å²) in [4.78, 5) is 0. The zero-order chi connectivity index (χ0) is 14.8. The zero-order valence-corrected chi connectivity index (χ0v) is 12.6. The summed E-state index contributed by atoms with van der Waals surface area (Å²) in [5.41, 5.74) is 2.11. The monoisotopic (exact) mass is 295 g/mol. The fourth-order valence-corrected chi connectivity index (χ4v) is 3.49. The van der Waals surface area contributed by atoms with E-state index in [9.17, 15) is 0 Å². The Bertz CT molecular complexity index is 568. The highest BCUT2D eigenvalue weighted by Gasteiger charge is 2.47. The van der Waals surface area contributed by atoms with Gasteiger partial charge < -0.3 is 14.8 Å². The van der Waals surface area contributed by atoms with Gasteiger partial charge in [-0.2, -0.15) is 0 Å². The minimum absolute atomic E-state index is 0.0999. The van der Waals surface area contributed by atoms with Gasteiger partial charge in [0, 0.05) is 17.2 Å². The molecule has 2 aliphatic rings. The van der Waals surface area contributed by atoms with Crippen molar-refractivity contribution in [3.8, 4) is 0 Å². The minimum atomic E-state index is -0.780. The average Bonchev–Trinajstić information content (AvgIpc) is 3.27. The van der Waals surface area contributed by atoms with Crippen molar-refractivity contribution in [1.29, 1.82) is 0 Å². The summed E-state index contributed by atoms with van der Waals surface area (Å²) < 4.78 is 12.8. The van der Waals surface area contributed by atoms with Gasteiger partial charge in [0.15, 0.2) is 0 Å². The highest BCUT2D eigenvalue weighted by Crippen LogP contribution is 2.41. The lowest BCUT2D eigenvalue weighted by molar-refractivity contribution is -0.145. The molecule has 0 bridgehead atoms. The first-order valence-corrected chi connectivity index (χ1v) is 8.05. The van der Waals surface area contributed by atoms with Gasteiger partial charge in [0.1, 0.15) is 6.10 Å². The zero-order valence-electron chi connectivity index (χ0n) is 12.6. The first-order chi connectivity index (χ1) is 10.9. The summed E-state index contributed by atoms with van der Waals surface area (Å²) in [6.45, 7) is 1.70. The summed E-state index contributed by atoms with van der Waals surface area (Å²) in [5, 5.41) is 3.53. The number of hydrogen-bond donors (Lipinski definition) is 1. The molecule has 3 nitrogen and oxygen atoms in total. The molecular weight excluding hydrogens is 274 g/mol. The second kappa shape index (κ2) is 5.84. The molecule has 2 fully saturated rings. The normalized spacial score (nSPS) is 27.1. The lowest BCUT2D eigenvalue weighted by Crippen LogP contribution is -2.38. The highest BCUT2D eigenvalue weighted by atomic mass is 16.7. The van der Waals surface area contributed by atoms with E-state index in [1.54, 1.807) is 0 Å². The third-order valence-corrected chi connectivity index (χ3v) is 4.62. The molecule has 0 aromatic heterocycles. The largest absolute Gasteiger partial charge is 0.339 e. The van der Waals surface area contributed by atoms with E-state index in [2.05, 4.69) is 29.6 Å². The summed E-state index contributed by atoms with van der Waals surface area (Å²) >= 11 is 0.